The van der Waals surface area contributed by atoms with Gasteiger partial charge < -0.3 is 14.4 Å². The number of thiazole rings is 1. The van der Waals surface area contributed by atoms with E-state index >= 15 is 0 Å². The maximum Gasteiger partial charge on any atom is 0.273 e. The molecule has 1 aliphatic rings. The molecule has 1 amide bonds. The second-order valence-corrected chi connectivity index (χ2v) is 6.51. The van der Waals surface area contributed by atoms with Gasteiger partial charge in [-0.05, 0) is 37.5 Å². The molecule has 1 aromatic heterocycles. The van der Waals surface area contributed by atoms with Gasteiger partial charge in [-0.3, -0.25) is 4.79 Å². The molecule has 2 aromatic rings. The Hall–Kier alpha value is -2.08. The molecule has 1 fully saturated rings. The number of likely N-dealkylation sites (tertiary alicyclic amines) is 1. The summed E-state index contributed by atoms with van der Waals surface area (Å²) in [6, 6.07) is 5.79. The van der Waals surface area contributed by atoms with Gasteiger partial charge in [-0.25, -0.2) is 4.98 Å². The molecular weight excluding hydrogens is 312 g/mol. The predicted octanol–water partition coefficient (Wildman–Crippen LogP) is 3.28. The van der Waals surface area contributed by atoms with E-state index in [4.69, 9.17) is 9.47 Å². The van der Waals surface area contributed by atoms with Crippen LogP contribution in [0.1, 0.15) is 33.9 Å². The Morgan fingerprint density at radius 3 is 2.83 bits per heavy atom. The topological polar surface area (TPSA) is 51.7 Å². The Labute approximate surface area is 139 Å². The van der Waals surface area contributed by atoms with Crippen molar-refractivity contribution in [3.05, 3.63) is 39.8 Å². The number of rotatable bonds is 5. The van der Waals surface area contributed by atoms with Crippen molar-refractivity contribution in [3.63, 3.8) is 0 Å². The number of benzene rings is 1. The van der Waals surface area contributed by atoms with Gasteiger partial charge in [0.25, 0.3) is 5.91 Å². The Balaban J connectivity index is 1.64. The summed E-state index contributed by atoms with van der Waals surface area (Å²) >= 11 is 1.45. The van der Waals surface area contributed by atoms with E-state index in [0.29, 0.717) is 23.8 Å². The molecule has 1 aliphatic heterocycles. The molecular formula is C17H20N2O3S. The number of amides is 1. The number of nitrogens with zero attached hydrogens (tertiary/aromatic N) is 2. The summed E-state index contributed by atoms with van der Waals surface area (Å²) in [4.78, 5) is 18.5. The van der Waals surface area contributed by atoms with Gasteiger partial charge in [-0.1, -0.05) is 6.07 Å². The van der Waals surface area contributed by atoms with E-state index in [9.17, 15) is 4.79 Å². The van der Waals surface area contributed by atoms with E-state index in [1.807, 2.05) is 35.4 Å². The van der Waals surface area contributed by atoms with Gasteiger partial charge in [0.1, 0.15) is 17.3 Å². The van der Waals surface area contributed by atoms with Gasteiger partial charge in [-0.15, -0.1) is 11.3 Å². The highest BCUT2D eigenvalue weighted by Crippen LogP contribution is 2.29. The first-order chi connectivity index (χ1) is 11.2. The lowest BCUT2D eigenvalue weighted by molar-refractivity contribution is 0.0787. The summed E-state index contributed by atoms with van der Waals surface area (Å²) in [5, 5.41) is 2.60. The van der Waals surface area contributed by atoms with Crippen LogP contribution >= 0.6 is 11.3 Å². The molecule has 3 rings (SSSR count). The van der Waals surface area contributed by atoms with Crippen molar-refractivity contribution < 1.29 is 14.3 Å². The number of aryl methyl sites for hydroxylation is 1. The highest BCUT2D eigenvalue weighted by molar-refractivity contribution is 7.09. The maximum atomic E-state index is 12.3. The summed E-state index contributed by atoms with van der Waals surface area (Å²) < 4.78 is 11.1. The van der Waals surface area contributed by atoms with Crippen LogP contribution in [0.3, 0.4) is 0 Å². The molecule has 0 atom stereocenters. The minimum atomic E-state index is 0.0258. The Morgan fingerprint density at radius 2 is 2.09 bits per heavy atom. The Bertz CT molecular complexity index is 693. The average Bonchev–Trinajstić information content (AvgIpc) is 3.24. The van der Waals surface area contributed by atoms with Gasteiger partial charge in [0, 0.05) is 18.5 Å². The molecule has 0 radical (unpaired) electrons. The fourth-order valence-electron chi connectivity index (χ4n) is 2.59. The lowest BCUT2D eigenvalue weighted by Gasteiger charge is -2.12. The minimum Gasteiger partial charge on any atom is -0.493 e. The summed E-state index contributed by atoms with van der Waals surface area (Å²) in [6.07, 6.45) is 2.16. The minimum absolute atomic E-state index is 0.0258. The monoisotopic (exact) mass is 332 g/mol. The van der Waals surface area contributed by atoms with Crippen molar-refractivity contribution in [2.45, 2.75) is 26.4 Å². The molecule has 0 saturated carbocycles. The third-order valence-corrected chi connectivity index (χ3v) is 4.66. The molecule has 0 bridgehead atoms. The van der Waals surface area contributed by atoms with Crippen LogP contribution in [0.25, 0.3) is 0 Å². The van der Waals surface area contributed by atoms with Crippen molar-refractivity contribution in [3.8, 4) is 11.5 Å². The lowest BCUT2D eigenvalue weighted by atomic mass is 10.2. The first-order valence-electron chi connectivity index (χ1n) is 7.68. The smallest absolute Gasteiger partial charge is 0.273 e. The first kappa shape index (κ1) is 15.8. The number of carbonyl (C=O) groups is 1. The van der Waals surface area contributed by atoms with E-state index in [0.717, 1.165) is 36.5 Å². The SMILES string of the molecule is COc1cc(C)ccc1OCc1nc(C(=O)N2CCCC2)cs1. The summed E-state index contributed by atoms with van der Waals surface area (Å²) in [5.74, 6) is 1.41. The van der Waals surface area contributed by atoms with E-state index in [-0.39, 0.29) is 5.91 Å². The van der Waals surface area contributed by atoms with Crippen molar-refractivity contribution in [2.24, 2.45) is 0 Å². The van der Waals surface area contributed by atoms with Crippen molar-refractivity contribution in [1.29, 1.82) is 0 Å². The molecule has 23 heavy (non-hydrogen) atoms. The van der Waals surface area contributed by atoms with Gasteiger partial charge in [0.05, 0.1) is 7.11 Å². The molecule has 0 spiro atoms. The van der Waals surface area contributed by atoms with Crippen molar-refractivity contribution in [2.75, 3.05) is 20.2 Å². The quantitative estimate of drug-likeness (QED) is 0.843. The maximum absolute atomic E-state index is 12.3. The highest BCUT2D eigenvalue weighted by atomic mass is 32.1. The molecule has 6 heteroatoms. The number of hydrogen-bond donors (Lipinski definition) is 0. The van der Waals surface area contributed by atoms with Gasteiger partial charge >= 0.3 is 0 Å². The number of hydrogen-bond acceptors (Lipinski definition) is 5. The second-order valence-electron chi connectivity index (χ2n) is 5.57. The lowest BCUT2D eigenvalue weighted by Crippen LogP contribution is -2.27. The average molecular weight is 332 g/mol. The summed E-state index contributed by atoms with van der Waals surface area (Å²) in [6.45, 7) is 4.01. The third-order valence-electron chi connectivity index (χ3n) is 3.83. The normalized spacial score (nSPS) is 14.1. The fourth-order valence-corrected chi connectivity index (χ4v) is 3.27. The van der Waals surface area contributed by atoms with Crippen molar-refractivity contribution >= 4 is 17.2 Å². The third kappa shape index (κ3) is 3.64. The molecule has 0 unspecified atom stereocenters. The van der Waals surface area contributed by atoms with Gasteiger partial charge in [-0.2, -0.15) is 0 Å². The van der Waals surface area contributed by atoms with E-state index in [1.54, 1.807) is 7.11 Å². The molecule has 2 heterocycles. The zero-order chi connectivity index (χ0) is 16.2. The first-order valence-corrected chi connectivity index (χ1v) is 8.56. The van der Waals surface area contributed by atoms with Crippen LogP contribution in [0, 0.1) is 6.92 Å². The summed E-state index contributed by atoms with van der Waals surface area (Å²) in [7, 11) is 1.62. The van der Waals surface area contributed by atoms with Crippen LogP contribution in [0.15, 0.2) is 23.6 Å². The predicted molar refractivity (Wildman–Crippen MR) is 89.3 cm³/mol. The fraction of sp³-hybridized carbons (Fsp3) is 0.412. The van der Waals surface area contributed by atoms with Crippen LogP contribution in [-0.4, -0.2) is 36.0 Å². The Kier molecular flexibility index (Phi) is 4.81. The van der Waals surface area contributed by atoms with Crippen LogP contribution < -0.4 is 9.47 Å². The number of aromatic nitrogens is 1. The summed E-state index contributed by atoms with van der Waals surface area (Å²) in [5.41, 5.74) is 1.63. The molecule has 0 N–H and O–H groups in total. The largest absolute Gasteiger partial charge is 0.493 e. The standard InChI is InChI=1S/C17H20N2O3S/c1-12-5-6-14(15(9-12)21-2)22-10-16-18-13(11-23-16)17(20)19-7-3-4-8-19/h5-6,9,11H,3-4,7-8,10H2,1-2H3. The highest BCUT2D eigenvalue weighted by Gasteiger charge is 2.21. The Morgan fingerprint density at radius 1 is 1.30 bits per heavy atom. The molecule has 1 aromatic carbocycles. The van der Waals surface area contributed by atoms with Crippen LogP contribution in [-0.2, 0) is 6.61 Å². The van der Waals surface area contributed by atoms with Crippen LogP contribution in [0.4, 0.5) is 0 Å². The van der Waals surface area contributed by atoms with Crippen molar-refractivity contribution in [1.82, 2.24) is 9.88 Å². The second kappa shape index (κ2) is 7.00. The van der Waals surface area contributed by atoms with Gasteiger partial charge in [0.15, 0.2) is 11.5 Å². The van der Waals surface area contributed by atoms with Crippen LogP contribution in [0.2, 0.25) is 0 Å². The van der Waals surface area contributed by atoms with Crippen LogP contribution in [0.5, 0.6) is 11.5 Å². The van der Waals surface area contributed by atoms with Gasteiger partial charge in [0.2, 0.25) is 0 Å². The van der Waals surface area contributed by atoms with E-state index < -0.39 is 0 Å². The van der Waals surface area contributed by atoms with E-state index in [1.165, 1.54) is 11.3 Å². The zero-order valence-corrected chi connectivity index (χ0v) is 14.2. The molecule has 1 saturated heterocycles. The number of carbonyl (C=O) groups excluding carboxylic acids is 1. The number of methoxy groups -OCH3 is 1. The molecule has 5 nitrogen and oxygen atoms in total. The zero-order valence-electron chi connectivity index (χ0n) is 13.4. The molecule has 0 aliphatic carbocycles. The number of ether oxygens (including phenoxy) is 2. The molecule has 122 valence electrons. The van der Waals surface area contributed by atoms with E-state index in [2.05, 4.69) is 4.98 Å².